The number of hydrogen-bond donors (Lipinski definition) is 0. The second-order valence-electron chi connectivity index (χ2n) is 3.89. The van der Waals surface area contributed by atoms with Crippen molar-refractivity contribution < 1.29 is 4.79 Å². The molecule has 1 nitrogen and oxygen atoms in total. The summed E-state index contributed by atoms with van der Waals surface area (Å²) in [6, 6.07) is 18.2. The minimum atomic E-state index is 0.753. The van der Waals surface area contributed by atoms with E-state index in [-0.39, 0.29) is 0 Å². The molecule has 0 amide bonds. The molecule has 0 aliphatic rings. The van der Waals surface area contributed by atoms with E-state index in [2.05, 4.69) is 24.3 Å². The van der Waals surface area contributed by atoms with E-state index in [1.807, 2.05) is 30.3 Å². The van der Waals surface area contributed by atoms with E-state index in [1.165, 1.54) is 10.8 Å². The van der Waals surface area contributed by atoms with Crippen LogP contribution >= 0.6 is 0 Å². The summed E-state index contributed by atoms with van der Waals surface area (Å²) in [5.41, 5.74) is 0.753. The molecule has 1 heteroatoms. The predicted octanol–water partition coefficient (Wildman–Crippen LogP) is 3.81. The van der Waals surface area contributed by atoms with Gasteiger partial charge in [0.25, 0.3) is 0 Å². The van der Waals surface area contributed by atoms with Crippen LogP contribution in [-0.4, -0.2) is 6.29 Å². The van der Waals surface area contributed by atoms with Crippen molar-refractivity contribution in [3.8, 4) is 0 Å². The van der Waals surface area contributed by atoms with Gasteiger partial charge in [0.1, 0.15) is 0 Å². The second kappa shape index (κ2) is 3.46. The minimum Gasteiger partial charge on any atom is -0.298 e. The van der Waals surface area contributed by atoms with Gasteiger partial charge in [-0.15, -0.1) is 0 Å². The number of hydrogen-bond acceptors (Lipinski definition) is 1. The molecule has 16 heavy (non-hydrogen) atoms. The second-order valence-corrected chi connectivity index (χ2v) is 3.89. The third-order valence-corrected chi connectivity index (χ3v) is 2.91. The van der Waals surface area contributed by atoms with Crippen molar-refractivity contribution in [3.63, 3.8) is 0 Å². The normalized spacial score (nSPS) is 10.8. The average Bonchev–Trinajstić information content (AvgIpc) is 2.35. The third-order valence-electron chi connectivity index (χ3n) is 2.91. The van der Waals surface area contributed by atoms with Crippen molar-refractivity contribution in [3.05, 3.63) is 60.2 Å². The fourth-order valence-electron chi connectivity index (χ4n) is 2.09. The van der Waals surface area contributed by atoms with Gasteiger partial charge in [0.2, 0.25) is 0 Å². The van der Waals surface area contributed by atoms with Gasteiger partial charge in [-0.3, -0.25) is 4.79 Å². The first-order valence-electron chi connectivity index (χ1n) is 5.25. The van der Waals surface area contributed by atoms with Crippen LogP contribution in [-0.2, 0) is 0 Å². The maximum atomic E-state index is 11.0. The van der Waals surface area contributed by atoms with E-state index in [1.54, 1.807) is 0 Å². The highest BCUT2D eigenvalue weighted by Gasteiger charge is 2.01. The zero-order chi connectivity index (χ0) is 11.0. The summed E-state index contributed by atoms with van der Waals surface area (Å²) in [4.78, 5) is 11.0. The number of fused-ring (bicyclic) bond motifs is 2. The van der Waals surface area contributed by atoms with Crippen molar-refractivity contribution in [2.24, 2.45) is 0 Å². The first-order valence-corrected chi connectivity index (χ1v) is 5.25. The summed E-state index contributed by atoms with van der Waals surface area (Å²) in [7, 11) is 0. The standard InChI is InChI=1S/C15H10O/c16-10-14-7-3-6-13-8-11-4-1-2-5-12(11)9-15(13)14/h1-10H. The molecule has 3 aromatic rings. The number of benzene rings is 3. The van der Waals surface area contributed by atoms with Crippen molar-refractivity contribution in [2.45, 2.75) is 0 Å². The van der Waals surface area contributed by atoms with Crippen molar-refractivity contribution >= 4 is 27.8 Å². The van der Waals surface area contributed by atoms with Crippen LogP contribution in [0.25, 0.3) is 21.5 Å². The Labute approximate surface area is 93.3 Å². The maximum absolute atomic E-state index is 11.0. The number of carbonyl (C=O) groups excluding carboxylic acids is 1. The Bertz CT molecular complexity index is 683. The molecule has 0 spiro atoms. The van der Waals surface area contributed by atoms with Gasteiger partial charge in [-0.1, -0.05) is 42.5 Å². The molecule has 0 atom stereocenters. The summed E-state index contributed by atoms with van der Waals surface area (Å²) < 4.78 is 0. The fraction of sp³-hybridized carbons (Fsp3) is 0. The van der Waals surface area contributed by atoms with Gasteiger partial charge < -0.3 is 0 Å². The number of rotatable bonds is 1. The summed E-state index contributed by atoms with van der Waals surface area (Å²) in [5.74, 6) is 0. The lowest BCUT2D eigenvalue weighted by Gasteiger charge is -2.03. The number of aldehydes is 1. The Balaban J connectivity index is 2.51. The molecule has 76 valence electrons. The zero-order valence-corrected chi connectivity index (χ0v) is 8.68. The quantitative estimate of drug-likeness (QED) is 0.437. The van der Waals surface area contributed by atoms with E-state index in [4.69, 9.17) is 0 Å². The molecule has 0 N–H and O–H groups in total. The highest BCUT2D eigenvalue weighted by Crippen LogP contribution is 2.24. The van der Waals surface area contributed by atoms with Gasteiger partial charge >= 0.3 is 0 Å². The van der Waals surface area contributed by atoms with Gasteiger partial charge in [0.05, 0.1) is 0 Å². The van der Waals surface area contributed by atoms with Crippen molar-refractivity contribution in [1.82, 2.24) is 0 Å². The topological polar surface area (TPSA) is 17.1 Å². The molecule has 3 rings (SSSR count). The molecular formula is C15H10O. The summed E-state index contributed by atoms with van der Waals surface area (Å²) in [6.07, 6.45) is 0.914. The van der Waals surface area contributed by atoms with Gasteiger partial charge in [0, 0.05) is 5.56 Å². The SMILES string of the molecule is O=Cc1cccc2cc3ccccc3cc12. The Kier molecular flexibility index (Phi) is 1.97. The number of carbonyl (C=O) groups is 1. The Morgan fingerprint density at radius 1 is 0.750 bits per heavy atom. The molecule has 0 aliphatic carbocycles. The van der Waals surface area contributed by atoms with Crippen LogP contribution < -0.4 is 0 Å². The predicted molar refractivity (Wildman–Crippen MR) is 66.8 cm³/mol. The minimum absolute atomic E-state index is 0.753. The lowest BCUT2D eigenvalue weighted by molar-refractivity contribution is 0.112. The summed E-state index contributed by atoms with van der Waals surface area (Å²) in [6.45, 7) is 0. The monoisotopic (exact) mass is 206 g/mol. The third kappa shape index (κ3) is 1.29. The molecule has 0 bridgehead atoms. The zero-order valence-electron chi connectivity index (χ0n) is 8.68. The lowest BCUT2D eigenvalue weighted by atomic mass is 10.0. The average molecular weight is 206 g/mol. The van der Waals surface area contributed by atoms with E-state index in [0.29, 0.717) is 0 Å². The highest BCUT2D eigenvalue weighted by atomic mass is 16.1. The lowest BCUT2D eigenvalue weighted by Crippen LogP contribution is -1.83. The Morgan fingerprint density at radius 2 is 1.44 bits per heavy atom. The first kappa shape index (κ1) is 9.10. The van der Waals surface area contributed by atoms with Crippen LogP contribution in [0.15, 0.2) is 54.6 Å². The Morgan fingerprint density at radius 3 is 2.19 bits per heavy atom. The Hall–Kier alpha value is -2.15. The molecule has 0 aliphatic heterocycles. The van der Waals surface area contributed by atoms with E-state index in [9.17, 15) is 4.79 Å². The highest BCUT2D eigenvalue weighted by molar-refractivity contribution is 6.05. The van der Waals surface area contributed by atoms with E-state index >= 15 is 0 Å². The molecule has 0 heterocycles. The van der Waals surface area contributed by atoms with Crippen LogP contribution in [0.5, 0.6) is 0 Å². The molecular weight excluding hydrogens is 196 g/mol. The van der Waals surface area contributed by atoms with E-state index in [0.717, 1.165) is 22.6 Å². The van der Waals surface area contributed by atoms with Gasteiger partial charge in [-0.25, -0.2) is 0 Å². The smallest absolute Gasteiger partial charge is 0.150 e. The summed E-state index contributed by atoms with van der Waals surface area (Å²) in [5, 5.41) is 4.52. The van der Waals surface area contributed by atoms with Crippen molar-refractivity contribution in [2.75, 3.05) is 0 Å². The molecule has 0 unspecified atom stereocenters. The van der Waals surface area contributed by atoms with Gasteiger partial charge in [-0.05, 0) is 33.7 Å². The first-order chi connectivity index (χ1) is 7.88. The van der Waals surface area contributed by atoms with Crippen LogP contribution in [0, 0.1) is 0 Å². The van der Waals surface area contributed by atoms with Gasteiger partial charge in [0.15, 0.2) is 6.29 Å². The molecule has 0 saturated carbocycles. The molecule has 0 fully saturated rings. The molecule has 0 aromatic heterocycles. The fourth-order valence-corrected chi connectivity index (χ4v) is 2.09. The van der Waals surface area contributed by atoms with Crippen LogP contribution in [0.2, 0.25) is 0 Å². The molecule has 0 radical (unpaired) electrons. The van der Waals surface area contributed by atoms with Crippen LogP contribution in [0.4, 0.5) is 0 Å². The van der Waals surface area contributed by atoms with Crippen LogP contribution in [0.3, 0.4) is 0 Å². The van der Waals surface area contributed by atoms with E-state index < -0.39 is 0 Å². The maximum Gasteiger partial charge on any atom is 0.150 e. The summed E-state index contributed by atoms with van der Waals surface area (Å²) >= 11 is 0. The largest absolute Gasteiger partial charge is 0.298 e. The molecule has 0 saturated heterocycles. The van der Waals surface area contributed by atoms with Gasteiger partial charge in [-0.2, -0.15) is 0 Å². The van der Waals surface area contributed by atoms with Crippen LogP contribution in [0.1, 0.15) is 10.4 Å². The molecule has 3 aromatic carbocycles. The van der Waals surface area contributed by atoms with Crippen molar-refractivity contribution in [1.29, 1.82) is 0 Å².